The molecule has 0 saturated heterocycles. The SMILES string of the molecule is Bc1cnc(N)c(-c2nnc(-c3ccccc3)o2)n1. The molecule has 7 heteroatoms. The molecule has 2 aromatic heterocycles. The minimum atomic E-state index is 0.271. The molecule has 3 rings (SSSR count). The van der Waals surface area contributed by atoms with Gasteiger partial charge in [-0.2, -0.15) is 0 Å². The standard InChI is InChI=1S/C12H10BN5O/c13-8-6-15-10(14)9(16-8)12-18-17-11(19-12)7-4-2-1-3-5-7/h1-6H,13H2,(H2,14,15). The van der Waals surface area contributed by atoms with Gasteiger partial charge >= 0.3 is 0 Å². The Bertz CT molecular complexity index is 713. The van der Waals surface area contributed by atoms with Crippen LogP contribution in [0.5, 0.6) is 0 Å². The van der Waals surface area contributed by atoms with Gasteiger partial charge in [-0.05, 0) is 12.1 Å². The van der Waals surface area contributed by atoms with E-state index in [4.69, 9.17) is 10.2 Å². The number of nitrogens with two attached hydrogens (primary N) is 1. The monoisotopic (exact) mass is 251 g/mol. The summed E-state index contributed by atoms with van der Waals surface area (Å²) in [5.41, 5.74) is 7.77. The third-order valence-corrected chi connectivity index (χ3v) is 2.57. The number of hydrogen-bond acceptors (Lipinski definition) is 6. The van der Waals surface area contributed by atoms with Crippen LogP contribution in [0.3, 0.4) is 0 Å². The maximum atomic E-state index is 5.77. The van der Waals surface area contributed by atoms with Crippen molar-refractivity contribution in [2.75, 3.05) is 5.73 Å². The number of aromatic nitrogens is 4. The van der Waals surface area contributed by atoms with Gasteiger partial charge in [-0.1, -0.05) is 18.2 Å². The van der Waals surface area contributed by atoms with E-state index in [2.05, 4.69) is 20.2 Å². The zero-order chi connectivity index (χ0) is 13.2. The van der Waals surface area contributed by atoms with Crippen LogP contribution >= 0.6 is 0 Å². The highest BCUT2D eigenvalue weighted by molar-refractivity contribution is 6.30. The summed E-state index contributed by atoms with van der Waals surface area (Å²) < 4.78 is 5.59. The molecule has 0 radical (unpaired) electrons. The van der Waals surface area contributed by atoms with E-state index in [9.17, 15) is 0 Å². The van der Waals surface area contributed by atoms with E-state index in [1.807, 2.05) is 38.2 Å². The molecule has 0 aliphatic heterocycles. The highest BCUT2D eigenvalue weighted by Crippen LogP contribution is 2.24. The van der Waals surface area contributed by atoms with Gasteiger partial charge < -0.3 is 10.2 Å². The molecule has 0 fully saturated rings. The molecule has 0 bridgehead atoms. The fourth-order valence-electron chi connectivity index (χ4n) is 1.66. The predicted molar refractivity (Wildman–Crippen MR) is 73.4 cm³/mol. The average molecular weight is 251 g/mol. The van der Waals surface area contributed by atoms with Gasteiger partial charge in [0.2, 0.25) is 5.89 Å². The number of benzene rings is 1. The lowest BCUT2D eigenvalue weighted by molar-refractivity contribution is 0.582. The summed E-state index contributed by atoms with van der Waals surface area (Å²) >= 11 is 0. The van der Waals surface area contributed by atoms with Crippen LogP contribution in [0.4, 0.5) is 5.82 Å². The Morgan fingerprint density at radius 3 is 2.58 bits per heavy atom. The fraction of sp³-hybridized carbons (Fsp3) is 0. The van der Waals surface area contributed by atoms with E-state index in [0.29, 0.717) is 11.6 Å². The van der Waals surface area contributed by atoms with Crippen LogP contribution in [0, 0.1) is 0 Å². The molecule has 0 saturated carbocycles. The second-order valence-corrected chi connectivity index (χ2v) is 4.02. The van der Waals surface area contributed by atoms with Crippen molar-refractivity contribution in [3.63, 3.8) is 0 Å². The van der Waals surface area contributed by atoms with Gasteiger partial charge in [-0.25, -0.2) is 4.98 Å². The number of nitrogen functional groups attached to an aromatic ring is 1. The lowest BCUT2D eigenvalue weighted by Gasteiger charge is -1.99. The largest absolute Gasteiger partial charge is 0.414 e. The number of anilines is 1. The van der Waals surface area contributed by atoms with Crippen molar-refractivity contribution in [3.8, 4) is 23.0 Å². The highest BCUT2D eigenvalue weighted by atomic mass is 16.4. The molecule has 0 aliphatic carbocycles. The Hall–Kier alpha value is -2.70. The minimum Gasteiger partial charge on any atom is -0.414 e. The van der Waals surface area contributed by atoms with E-state index in [1.165, 1.54) is 0 Å². The van der Waals surface area contributed by atoms with E-state index in [0.717, 1.165) is 11.2 Å². The van der Waals surface area contributed by atoms with E-state index >= 15 is 0 Å². The van der Waals surface area contributed by atoms with Crippen molar-refractivity contribution in [3.05, 3.63) is 36.5 Å². The Labute approximate surface area is 110 Å². The summed E-state index contributed by atoms with van der Waals surface area (Å²) in [5.74, 6) is 0.972. The van der Waals surface area contributed by atoms with Crippen LogP contribution in [-0.2, 0) is 0 Å². The first-order valence-electron chi connectivity index (χ1n) is 5.72. The maximum absolute atomic E-state index is 5.77. The smallest absolute Gasteiger partial charge is 0.270 e. The van der Waals surface area contributed by atoms with E-state index < -0.39 is 0 Å². The van der Waals surface area contributed by atoms with Crippen LogP contribution in [0.15, 0.2) is 40.9 Å². The van der Waals surface area contributed by atoms with Gasteiger partial charge in [-0.15, -0.1) is 10.2 Å². The van der Waals surface area contributed by atoms with Crippen molar-refractivity contribution in [1.29, 1.82) is 0 Å². The first-order valence-corrected chi connectivity index (χ1v) is 5.72. The second-order valence-electron chi connectivity index (χ2n) is 4.02. The molecule has 2 N–H and O–H groups in total. The number of rotatable bonds is 2. The molecule has 3 aromatic rings. The molecule has 6 nitrogen and oxygen atoms in total. The van der Waals surface area contributed by atoms with E-state index in [-0.39, 0.29) is 11.7 Å². The van der Waals surface area contributed by atoms with Crippen molar-refractivity contribution in [2.45, 2.75) is 0 Å². The van der Waals surface area contributed by atoms with Gasteiger partial charge in [0.05, 0.1) is 0 Å². The summed E-state index contributed by atoms with van der Waals surface area (Å²) in [6.45, 7) is 0. The summed E-state index contributed by atoms with van der Waals surface area (Å²) in [6, 6.07) is 9.51. The van der Waals surface area contributed by atoms with Crippen molar-refractivity contribution < 1.29 is 4.42 Å². The lowest BCUT2D eigenvalue weighted by atomic mass is 10.1. The van der Waals surface area contributed by atoms with Crippen molar-refractivity contribution in [1.82, 2.24) is 20.2 Å². The van der Waals surface area contributed by atoms with Crippen LogP contribution < -0.4 is 11.3 Å². The molecule has 19 heavy (non-hydrogen) atoms. The zero-order valence-corrected chi connectivity index (χ0v) is 10.2. The van der Waals surface area contributed by atoms with Gasteiger partial charge in [0.15, 0.2) is 19.4 Å². The van der Waals surface area contributed by atoms with Crippen LogP contribution in [0.1, 0.15) is 0 Å². The molecule has 0 amide bonds. The fourth-order valence-corrected chi connectivity index (χ4v) is 1.66. The molecule has 0 atom stereocenters. The first-order chi connectivity index (χ1) is 9.24. The molecule has 92 valence electrons. The maximum Gasteiger partial charge on any atom is 0.270 e. The highest BCUT2D eigenvalue weighted by Gasteiger charge is 2.15. The zero-order valence-electron chi connectivity index (χ0n) is 10.2. The predicted octanol–water partition coefficient (Wildman–Crippen LogP) is 0.0342. The van der Waals surface area contributed by atoms with Crippen molar-refractivity contribution in [2.24, 2.45) is 0 Å². The summed E-state index contributed by atoms with van der Waals surface area (Å²) in [7, 11) is 1.82. The van der Waals surface area contributed by atoms with Crippen LogP contribution in [0.2, 0.25) is 0 Å². The Morgan fingerprint density at radius 2 is 1.79 bits per heavy atom. The molecule has 2 heterocycles. The Kier molecular flexibility index (Phi) is 2.72. The number of nitrogens with zero attached hydrogens (tertiary/aromatic N) is 4. The lowest BCUT2D eigenvalue weighted by Crippen LogP contribution is -2.12. The third-order valence-electron chi connectivity index (χ3n) is 2.57. The Morgan fingerprint density at radius 1 is 1.05 bits per heavy atom. The van der Waals surface area contributed by atoms with Crippen LogP contribution in [0.25, 0.3) is 23.0 Å². The van der Waals surface area contributed by atoms with Gasteiger partial charge in [-0.3, -0.25) is 4.98 Å². The summed E-state index contributed by atoms with van der Waals surface area (Å²) in [5, 5.41) is 7.96. The first kappa shape index (κ1) is 11.4. The van der Waals surface area contributed by atoms with Crippen molar-refractivity contribution >= 4 is 19.3 Å². The molecule has 0 aliphatic rings. The average Bonchev–Trinajstić information content (AvgIpc) is 2.92. The minimum absolute atomic E-state index is 0.271. The summed E-state index contributed by atoms with van der Waals surface area (Å²) in [6.07, 6.45) is 1.59. The normalized spacial score (nSPS) is 10.5. The molecule has 0 unspecified atom stereocenters. The van der Waals surface area contributed by atoms with Crippen LogP contribution in [-0.4, -0.2) is 28.0 Å². The van der Waals surface area contributed by atoms with Gasteiger partial charge in [0.1, 0.15) is 0 Å². The second kappa shape index (κ2) is 4.53. The van der Waals surface area contributed by atoms with Gasteiger partial charge in [0, 0.05) is 17.4 Å². The molecule has 1 aromatic carbocycles. The molecular formula is C12H10BN5O. The molecule has 0 spiro atoms. The Balaban J connectivity index is 2.04. The quantitative estimate of drug-likeness (QED) is 0.646. The topological polar surface area (TPSA) is 90.7 Å². The third kappa shape index (κ3) is 2.17. The summed E-state index contributed by atoms with van der Waals surface area (Å²) in [4.78, 5) is 8.29. The van der Waals surface area contributed by atoms with Gasteiger partial charge in [0.25, 0.3) is 5.89 Å². The number of hydrogen-bond donors (Lipinski definition) is 1. The van der Waals surface area contributed by atoms with E-state index in [1.54, 1.807) is 6.20 Å². The molecular weight excluding hydrogens is 241 g/mol.